The fourth-order valence-corrected chi connectivity index (χ4v) is 2.33. The summed E-state index contributed by atoms with van der Waals surface area (Å²) in [5.41, 5.74) is 0.937. The van der Waals surface area contributed by atoms with Crippen LogP contribution in [0.25, 0.3) is 11.4 Å². The van der Waals surface area contributed by atoms with Gasteiger partial charge in [-0.15, -0.1) is 0 Å². The zero-order valence-corrected chi connectivity index (χ0v) is 13.1. The van der Waals surface area contributed by atoms with Crippen LogP contribution in [0.1, 0.15) is 20.3 Å². The summed E-state index contributed by atoms with van der Waals surface area (Å²) in [6, 6.07) is 11.8. The number of benzene rings is 1. The van der Waals surface area contributed by atoms with Gasteiger partial charge in [0.2, 0.25) is 0 Å². The van der Waals surface area contributed by atoms with Crippen molar-refractivity contribution in [2.24, 2.45) is 0 Å². The van der Waals surface area contributed by atoms with Crippen molar-refractivity contribution >= 4 is 17.4 Å². The third-order valence-corrected chi connectivity index (χ3v) is 3.38. The van der Waals surface area contributed by atoms with Crippen molar-refractivity contribution in [2.75, 3.05) is 18.1 Å². The molecule has 112 valence electrons. The maximum absolute atomic E-state index is 9.05. The summed E-state index contributed by atoms with van der Waals surface area (Å²) in [5, 5.41) is 9.47. The van der Waals surface area contributed by atoms with Gasteiger partial charge in [-0.2, -0.15) is 0 Å². The van der Waals surface area contributed by atoms with Crippen LogP contribution >= 0.6 is 11.6 Å². The molecule has 0 aliphatic heterocycles. The predicted molar refractivity (Wildman–Crippen MR) is 86.7 cm³/mol. The maximum Gasteiger partial charge on any atom is 0.163 e. The number of halogens is 1. The largest absolute Gasteiger partial charge is 0.396 e. The Bertz CT molecular complexity index is 575. The second-order valence-electron chi connectivity index (χ2n) is 5.10. The van der Waals surface area contributed by atoms with E-state index in [4.69, 9.17) is 16.7 Å². The summed E-state index contributed by atoms with van der Waals surface area (Å²) in [5.74, 6) is 1.41. The Morgan fingerprint density at radius 2 is 1.90 bits per heavy atom. The Labute approximate surface area is 130 Å². The molecule has 5 heteroatoms. The normalized spacial score (nSPS) is 10.9. The van der Waals surface area contributed by atoms with Gasteiger partial charge in [-0.05, 0) is 20.3 Å². The highest BCUT2D eigenvalue weighted by molar-refractivity contribution is 6.29. The van der Waals surface area contributed by atoms with E-state index in [1.807, 2.05) is 30.3 Å². The zero-order chi connectivity index (χ0) is 15.2. The van der Waals surface area contributed by atoms with Crippen molar-refractivity contribution in [3.8, 4) is 11.4 Å². The van der Waals surface area contributed by atoms with Crippen LogP contribution in [0.5, 0.6) is 0 Å². The monoisotopic (exact) mass is 305 g/mol. The van der Waals surface area contributed by atoms with Gasteiger partial charge in [-0.1, -0.05) is 41.9 Å². The van der Waals surface area contributed by atoms with Crippen LogP contribution in [0.15, 0.2) is 36.4 Å². The van der Waals surface area contributed by atoms with E-state index in [-0.39, 0.29) is 12.6 Å². The summed E-state index contributed by atoms with van der Waals surface area (Å²) in [7, 11) is 0. The van der Waals surface area contributed by atoms with Crippen LogP contribution in [0.2, 0.25) is 5.15 Å². The van der Waals surface area contributed by atoms with Crippen LogP contribution in [0.3, 0.4) is 0 Å². The molecule has 1 N–H and O–H groups in total. The van der Waals surface area contributed by atoms with E-state index >= 15 is 0 Å². The van der Waals surface area contributed by atoms with Crippen molar-refractivity contribution in [3.63, 3.8) is 0 Å². The molecule has 0 radical (unpaired) electrons. The first-order valence-electron chi connectivity index (χ1n) is 7.09. The Morgan fingerprint density at radius 1 is 1.19 bits per heavy atom. The number of hydrogen-bond acceptors (Lipinski definition) is 4. The Morgan fingerprint density at radius 3 is 2.52 bits per heavy atom. The number of anilines is 1. The van der Waals surface area contributed by atoms with E-state index in [9.17, 15) is 0 Å². The molecule has 2 rings (SSSR count). The Hall–Kier alpha value is -1.65. The number of rotatable bonds is 6. The van der Waals surface area contributed by atoms with E-state index in [0.717, 1.165) is 17.9 Å². The topological polar surface area (TPSA) is 49.2 Å². The molecule has 0 unspecified atom stereocenters. The molecular weight excluding hydrogens is 286 g/mol. The Balaban J connectivity index is 2.37. The summed E-state index contributed by atoms with van der Waals surface area (Å²) >= 11 is 6.16. The standard InChI is InChI=1S/C16H20ClN3O/c1-12(2)20(9-6-10-21)15-11-14(17)18-16(19-15)13-7-4-3-5-8-13/h3-5,7-8,11-12,21H,6,9-10H2,1-2H3. The lowest BCUT2D eigenvalue weighted by atomic mass is 10.2. The quantitative estimate of drug-likeness (QED) is 0.831. The van der Waals surface area contributed by atoms with Crippen LogP contribution < -0.4 is 4.90 Å². The van der Waals surface area contributed by atoms with Gasteiger partial charge < -0.3 is 10.0 Å². The molecule has 1 aromatic heterocycles. The second kappa shape index (κ2) is 7.38. The van der Waals surface area contributed by atoms with Crippen LogP contribution in [-0.4, -0.2) is 34.3 Å². The fourth-order valence-electron chi connectivity index (χ4n) is 2.15. The highest BCUT2D eigenvalue weighted by Crippen LogP contribution is 2.23. The summed E-state index contributed by atoms with van der Waals surface area (Å²) < 4.78 is 0. The lowest BCUT2D eigenvalue weighted by Gasteiger charge is -2.28. The van der Waals surface area contributed by atoms with E-state index in [1.54, 1.807) is 6.07 Å². The number of aromatic nitrogens is 2. The van der Waals surface area contributed by atoms with E-state index in [1.165, 1.54) is 0 Å². The Kier molecular flexibility index (Phi) is 5.53. The molecule has 0 saturated carbocycles. The van der Waals surface area contributed by atoms with Gasteiger partial charge in [0, 0.05) is 30.8 Å². The highest BCUT2D eigenvalue weighted by Gasteiger charge is 2.14. The van der Waals surface area contributed by atoms with Crippen molar-refractivity contribution in [1.82, 2.24) is 9.97 Å². The molecule has 0 saturated heterocycles. The number of aliphatic hydroxyl groups is 1. The number of hydrogen-bond donors (Lipinski definition) is 1. The molecular formula is C16H20ClN3O. The van der Waals surface area contributed by atoms with Gasteiger partial charge in [-0.25, -0.2) is 9.97 Å². The van der Waals surface area contributed by atoms with Gasteiger partial charge in [0.15, 0.2) is 5.82 Å². The lowest BCUT2D eigenvalue weighted by molar-refractivity contribution is 0.288. The lowest BCUT2D eigenvalue weighted by Crippen LogP contribution is -2.33. The summed E-state index contributed by atoms with van der Waals surface area (Å²) in [6.45, 7) is 5.08. The van der Waals surface area contributed by atoms with Crippen molar-refractivity contribution in [3.05, 3.63) is 41.6 Å². The first-order valence-corrected chi connectivity index (χ1v) is 7.47. The van der Waals surface area contributed by atoms with E-state index in [2.05, 4.69) is 28.7 Å². The SMILES string of the molecule is CC(C)N(CCCO)c1cc(Cl)nc(-c2ccccc2)n1. The first kappa shape index (κ1) is 15.7. The smallest absolute Gasteiger partial charge is 0.163 e. The van der Waals surface area contributed by atoms with Crippen molar-refractivity contribution in [1.29, 1.82) is 0 Å². The minimum atomic E-state index is 0.160. The number of nitrogens with zero attached hydrogens (tertiary/aromatic N) is 3. The van der Waals surface area contributed by atoms with Gasteiger partial charge in [0.05, 0.1) is 0 Å². The van der Waals surface area contributed by atoms with Crippen LogP contribution in [-0.2, 0) is 0 Å². The molecule has 0 atom stereocenters. The zero-order valence-electron chi connectivity index (χ0n) is 12.3. The van der Waals surface area contributed by atoms with E-state index in [0.29, 0.717) is 17.4 Å². The molecule has 0 aliphatic rings. The molecule has 0 fully saturated rings. The van der Waals surface area contributed by atoms with E-state index < -0.39 is 0 Å². The van der Waals surface area contributed by atoms with Crippen molar-refractivity contribution in [2.45, 2.75) is 26.3 Å². The summed E-state index contributed by atoms with van der Waals surface area (Å²) in [6.07, 6.45) is 0.695. The van der Waals surface area contributed by atoms with Gasteiger partial charge in [-0.3, -0.25) is 0 Å². The summed E-state index contributed by atoms with van der Waals surface area (Å²) in [4.78, 5) is 11.1. The minimum Gasteiger partial charge on any atom is -0.396 e. The molecule has 1 aromatic carbocycles. The first-order chi connectivity index (χ1) is 10.1. The second-order valence-corrected chi connectivity index (χ2v) is 5.49. The maximum atomic E-state index is 9.05. The third-order valence-electron chi connectivity index (χ3n) is 3.19. The van der Waals surface area contributed by atoms with Gasteiger partial charge >= 0.3 is 0 Å². The predicted octanol–water partition coefficient (Wildman–Crippen LogP) is 3.39. The minimum absolute atomic E-state index is 0.160. The molecule has 1 heterocycles. The molecule has 21 heavy (non-hydrogen) atoms. The van der Waals surface area contributed by atoms with Crippen LogP contribution in [0.4, 0.5) is 5.82 Å². The molecule has 4 nitrogen and oxygen atoms in total. The highest BCUT2D eigenvalue weighted by atomic mass is 35.5. The molecule has 0 bridgehead atoms. The number of aliphatic hydroxyl groups excluding tert-OH is 1. The average Bonchev–Trinajstić information content (AvgIpc) is 2.48. The third kappa shape index (κ3) is 4.16. The van der Waals surface area contributed by atoms with Gasteiger partial charge in [0.1, 0.15) is 11.0 Å². The average molecular weight is 306 g/mol. The van der Waals surface area contributed by atoms with Crippen molar-refractivity contribution < 1.29 is 5.11 Å². The fraction of sp³-hybridized carbons (Fsp3) is 0.375. The molecule has 0 amide bonds. The van der Waals surface area contributed by atoms with Crippen LogP contribution in [0, 0.1) is 0 Å². The molecule has 2 aromatic rings. The molecule has 0 spiro atoms. The molecule has 0 aliphatic carbocycles. The van der Waals surface area contributed by atoms with Gasteiger partial charge in [0.25, 0.3) is 0 Å².